The second kappa shape index (κ2) is 11.9. The monoisotopic (exact) mass is 503 g/mol. The fourth-order valence-corrected chi connectivity index (χ4v) is 4.00. The van der Waals surface area contributed by atoms with Crippen molar-refractivity contribution in [2.75, 3.05) is 25.1 Å². The number of carbonyl (C=O) groups excluding carboxylic acids is 1. The van der Waals surface area contributed by atoms with Gasteiger partial charge in [0.1, 0.15) is 6.04 Å². The largest absolute Gasteiger partial charge is 0.449 e. The number of para-hydroxylation sites is 1. The van der Waals surface area contributed by atoms with E-state index in [0.29, 0.717) is 38.4 Å². The zero-order chi connectivity index (χ0) is 25.5. The third-order valence-electron chi connectivity index (χ3n) is 5.87. The van der Waals surface area contributed by atoms with Gasteiger partial charge in [0.2, 0.25) is 0 Å². The van der Waals surface area contributed by atoms with E-state index in [1.165, 1.54) is 6.07 Å². The van der Waals surface area contributed by atoms with E-state index in [1.807, 2.05) is 0 Å². The number of nitrogens with zero attached hydrogens (tertiary/aromatic N) is 4. The van der Waals surface area contributed by atoms with Gasteiger partial charge in [0.25, 0.3) is 11.5 Å². The highest BCUT2D eigenvalue weighted by atomic mass is 19.1. The van der Waals surface area contributed by atoms with Gasteiger partial charge in [-0.25, -0.2) is 13.5 Å². The topological polar surface area (TPSA) is 120 Å². The van der Waals surface area contributed by atoms with Gasteiger partial charge in [-0.2, -0.15) is 10.2 Å². The molecular formula is C24H27F2N5O5. The molecule has 1 amide bonds. The van der Waals surface area contributed by atoms with Crippen molar-refractivity contribution in [2.24, 2.45) is 5.92 Å². The molecule has 1 atom stereocenters. The molecule has 36 heavy (non-hydrogen) atoms. The van der Waals surface area contributed by atoms with E-state index in [1.54, 1.807) is 16.9 Å². The minimum atomic E-state index is -0.956. The number of benzene rings is 1. The van der Waals surface area contributed by atoms with E-state index in [9.17, 15) is 18.4 Å². The van der Waals surface area contributed by atoms with Crippen LogP contribution in [-0.4, -0.2) is 50.4 Å². The third kappa shape index (κ3) is 6.32. The predicted molar refractivity (Wildman–Crippen MR) is 125 cm³/mol. The first-order valence-electron chi connectivity index (χ1n) is 11.7. The van der Waals surface area contributed by atoms with Crippen LogP contribution in [0.1, 0.15) is 31.7 Å². The van der Waals surface area contributed by atoms with Gasteiger partial charge in [0, 0.05) is 44.7 Å². The lowest BCUT2D eigenvalue weighted by Crippen LogP contribution is -2.36. The third-order valence-corrected chi connectivity index (χ3v) is 5.87. The van der Waals surface area contributed by atoms with Crippen molar-refractivity contribution in [2.45, 2.75) is 38.3 Å². The molecule has 12 heteroatoms. The maximum Gasteiger partial charge on any atom is 0.271 e. The number of halogens is 2. The molecule has 1 aliphatic rings. The summed E-state index contributed by atoms with van der Waals surface area (Å²) in [6, 6.07) is 4.97. The van der Waals surface area contributed by atoms with Crippen LogP contribution in [0, 0.1) is 17.6 Å². The van der Waals surface area contributed by atoms with Crippen LogP contribution >= 0.6 is 0 Å². The summed E-state index contributed by atoms with van der Waals surface area (Å²) < 4.78 is 41.1. The normalized spacial score (nSPS) is 15.0. The number of hydrogen-bond acceptors (Lipinski definition) is 7. The van der Waals surface area contributed by atoms with Gasteiger partial charge in [-0.1, -0.05) is 6.07 Å². The van der Waals surface area contributed by atoms with Crippen LogP contribution in [0.15, 0.2) is 47.5 Å². The van der Waals surface area contributed by atoms with Gasteiger partial charge in [0.05, 0.1) is 6.20 Å². The number of rotatable bonds is 10. The molecule has 0 radical (unpaired) electrons. The average Bonchev–Trinajstić information content (AvgIpc) is 3.31. The Kier molecular flexibility index (Phi) is 8.39. The maximum atomic E-state index is 13.9. The Morgan fingerprint density at radius 3 is 2.69 bits per heavy atom. The molecule has 1 unspecified atom stereocenters. The first kappa shape index (κ1) is 25.5. The smallest absolute Gasteiger partial charge is 0.271 e. The molecular weight excluding hydrogens is 476 g/mol. The number of anilines is 1. The summed E-state index contributed by atoms with van der Waals surface area (Å²) in [5.74, 6) is -2.69. The van der Waals surface area contributed by atoms with Crippen molar-refractivity contribution in [1.82, 2.24) is 19.6 Å². The number of hydrogen-bond donors (Lipinski definition) is 2. The minimum Gasteiger partial charge on any atom is -0.449 e. The van der Waals surface area contributed by atoms with E-state index < -0.39 is 34.9 Å². The highest BCUT2D eigenvalue weighted by Crippen LogP contribution is 2.28. The highest BCUT2D eigenvalue weighted by molar-refractivity contribution is 5.92. The van der Waals surface area contributed by atoms with Gasteiger partial charge in [-0.3, -0.25) is 14.3 Å². The molecule has 1 aliphatic heterocycles. The van der Waals surface area contributed by atoms with Gasteiger partial charge in [0.15, 0.2) is 29.0 Å². The fraction of sp³-hybridized carbons (Fsp3) is 0.417. The molecule has 1 saturated heterocycles. The minimum absolute atomic E-state index is 0.0204. The number of ether oxygens (including phenoxy) is 2. The van der Waals surface area contributed by atoms with Crippen LogP contribution < -0.4 is 15.6 Å². The van der Waals surface area contributed by atoms with Crippen molar-refractivity contribution < 1.29 is 28.2 Å². The molecule has 0 saturated carbocycles. The molecule has 4 rings (SSSR count). The fourth-order valence-electron chi connectivity index (χ4n) is 4.00. The molecule has 3 heterocycles. The lowest BCUT2D eigenvalue weighted by atomic mass is 9.92. The van der Waals surface area contributed by atoms with Crippen molar-refractivity contribution in [3.63, 3.8) is 0 Å². The molecule has 1 aromatic carbocycles. The van der Waals surface area contributed by atoms with Crippen molar-refractivity contribution in [3.05, 3.63) is 64.7 Å². The lowest BCUT2D eigenvalue weighted by Gasteiger charge is -2.26. The van der Waals surface area contributed by atoms with Gasteiger partial charge < -0.3 is 19.9 Å². The first-order valence-corrected chi connectivity index (χ1v) is 11.7. The van der Waals surface area contributed by atoms with E-state index in [0.717, 1.165) is 41.9 Å². The molecule has 0 bridgehead atoms. The van der Waals surface area contributed by atoms with Crippen LogP contribution in [0.5, 0.6) is 11.5 Å². The summed E-state index contributed by atoms with van der Waals surface area (Å²) in [5.41, 5.74) is -0.662. The molecule has 2 N–H and O–H groups in total. The van der Waals surface area contributed by atoms with Crippen LogP contribution in [0.2, 0.25) is 0 Å². The standard InChI is InChI=1S/C24H27F2N5O5/c25-18-3-1-4-19(26)23(18)36-17-14-22(33)31(27-15-17)20(13-16-6-11-35-12-7-16)24(34)28-21-5-9-30(29-21)8-2-10-32/h1,3-5,9,14-16,20,32H,2,6-8,10-13H2,(H,28,29,34). The predicted octanol–water partition coefficient (Wildman–Crippen LogP) is 2.89. The van der Waals surface area contributed by atoms with Crippen molar-refractivity contribution >= 4 is 11.7 Å². The van der Waals surface area contributed by atoms with Crippen LogP contribution in [0.4, 0.5) is 14.6 Å². The molecule has 2 aromatic heterocycles. The molecule has 0 spiro atoms. The second-order valence-corrected chi connectivity index (χ2v) is 8.46. The summed E-state index contributed by atoms with van der Waals surface area (Å²) in [6.45, 7) is 1.64. The SMILES string of the molecule is O=C(Nc1ccn(CCCO)n1)C(CC1CCOCC1)n1ncc(Oc2c(F)cccc2F)cc1=O. The first-order chi connectivity index (χ1) is 17.4. The zero-order valence-corrected chi connectivity index (χ0v) is 19.5. The van der Waals surface area contributed by atoms with Gasteiger partial charge in [-0.05, 0) is 43.7 Å². The van der Waals surface area contributed by atoms with E-state index in [2.05, 4.69) is 15.5 Å². The number of nitrogens with one attached hydrogen (secondary N) is 1. The Balaban J connectivity index is 1.56. The number of aromatic nitrogens is 4. The quantitative estimate of drug-likeness (QED) is 0.437. The summed E-state index contributed by atoms with van der Waals surface area (Å²) in [4.78, 5) is 26.2. The second-order valence-electron chi connectivity index (χ2n) is 8.46. The molecule has 192 valence electrons. The summed E-state index contributed by atoms with van der Waals surface area (Å²) in [7, 11) is 0. The zero-order valence-electron chi connectivity index (χ0n) is 19.5. The number of carbonyl (C=O) groups is 1. The van der Waals surface area contributed by atoms with Gasteiger partial charge >= 0.3 is 0 Å². The molecule has 0 aliphatic carbocycles. The Morgan fingerprint density at radius 1 is 1.25 bits per heavy atom. The number of aliphatic hydroxyl groups is 1. The van der Waals surface area contributed by atoms with Crippen molar-refractivity contribution in [3.8, 4) is 11.5 Å². The van der Waals surface area contributed by atoms with Gasteiger partial charge in [-0.15, -0.1) is 0 Å². The Hall–Kier alpha value is -3.64. The van der Waals surface area contributed by atoms with Crippen LogP contribution in [0.25, 0.3) is 0 Å². The van der Waals surface area contributed by atoms with E-state index in [-0.39, 0.29) is 18.3 Å². The van der Waals surface area contributed by atoms with Crippen molar-refractivity contribution in [1.29, 1.82) is 0 Å². The lowest BCUT2D eigenvalue weighted by molar-refractivity contribution is -0.120. The Bertz CT molecular complexity index is 1220. The highest BCUT2D eigenvalue weighted by Gasteiger charge is 2.28. The maximum absolute atomic E-state index is 13.9. The average molecular weight is 504 g/mol. The Labute approximate surface area is 205 Å². The number of aliphatic hydroxyl groups excluding tert-OH is 1. The summed E-state index contributed by atoms with van der Waals surface area (Å²) in [5, 5.41) is 20.1. The molecule has 3 aromatic rings. The van der Waals surface area contributed by atoms with Crippen LogP contribution in [0.3, 0.4) is 0 Å². The summed E-state index contributed by atoms with van der Waals surface area (Å²) >= 11 is 0. The Morgan fingerprint density at radius 2 is 2.00 bits per heavy atom. The van der Waals surface area contributed by atoms with E-state index in [4.69, 9.17) is 14.6 Å². The summed E-state index contributed by atoms with van der Waals surface area (Å²) in [6.07, 6.45) is 5.16. The van der Waals surface area contributed by atoms with Crippen LogP contribution in [-0.2, 0) is 16.1 Å². The number of amides is 1. The molecule has 10 nitrogen and oxygen atoms in total. The van der Waals surface area contributed by atoms with E-state index >= 15 is 0 Å². The number of aryl methyl sites for hydroxylation is 1. The molecule has 1 fully saturated rings.